The van der Waals surface area contributed by atoms with Crippen molar-refractivity contribution in [3.63, 3.8) is 0 Å². The Kier molecular flexibility index (Phi) is 4.21. The maximum atomic E-state index is 4.33. The molecule has 0 radical (unpaired) electrons. The largest absolute Gasteiger partial charge is 0.330 e. The fourth-order valence-electron chi connectivity index (χ4n) is 3.21. The number of hydrogen-bond acceptors (Lipinski definition) is 2. The van der Waals surface area contributed by atoms with Crippen LogP contribution >= 0.6 is 0 Å². The second-order valence-electron chi connectivity index (χ2n) is 5.58. The van der Waals surface area contributed by atoms with Gasteiger partial charge in [0.15, 0.2) is 0 Å². The van der Waals surface area contributed by atoms with Gasteiger partial charge in [0, 0.05) is 18.8 Å². The van der Waals surface area contributed by atoms with E-state index < -0.39 is 0 Å². The molecule has 1 aromatic rings. The molecule has 1 N–H and O–H groups in total. The fourth-order valence-corrected chi connectivity index (χ4v) is 3.21. The van der Waals surface area contributed by atoms with E-state index in [0.29, 0.717) is 6.04 Å². The van der Waals surface area contributed by atoms with Gasteiger partial charge in [-0.1, -0.05) is 26.7 Å². The van der Waals surface area contributed by atoms with Gasteiger partial charge in [0.25, 0.3) is 0 Å². The highest BCUT2D eigenvalue weighted by molar-refractivity contribution is 5.02. The number of hydrogen-bond donors (Lipinski definition) is 1. The van der Waals surface area contributed by atoms with Crippen LogP contribution in [0.15, 0.2) is 12.5 Å². The number of aromatic nitrogens is 2. The van der Waals surface area contributed by atoms with Crippen molar-refractivity contribution < 1.29 is 0 Å². The predicted octanol–water partition coefficient (Wildman–Crippen LogP) is 2.99. The van der Waals surface area contributed by atoms with Crippen LogP contribution in [0.25, 0.3) is 0 Å². The van der Waals surface area contributed by atoms with Gasteiger partial charge >= 0.3 is 0 Å². The molecule has 2 atom stereocenters. The number of nitrogens with zero attached hydrogens (tertiary/aromatic N) is 2. The summed E-state index contributed by atoms with van der Waals surface area (Å²) in [5, 5.41) is 3.23. The first kappa shape index (κ1) is 12.6. The Balaban J connectivity index is 2.20. The lowest BCUT2D eigenvalue weighted by Crippen LogP contribution is -2.28. The van der Waals surface area contributed by atoms with Gasteiger partial charge in [0.1, 0.15) is 0 Å². The molecule has 3 nitrogen and oxygen atoms in total. The smallest absolute Gasteiger partial charge is 0.0951 e. The number of rotatable bonds is 4. The molecule has 1 fully saturated rings. The average molecular weight is 235 g/mol. The zero-order chi connectivity index (χ0) is 12.3. The van der Waals surface area contributed by atoms with Crippen molar-refractivity contribution in [2.45, 2.75) is 52.1 Å². The van der Waals surface area contributed by atoms with E-state index in [1.54, 1.807) is 0 Å². The van der Waals surface area contributed by atoms with E-state index in [-0.39, 0.29) is 0 Å². The molecular weight excluding hydrogens is 210 g/mol. The van der Waals surface area contributed by atoms with Crippen molar-refractivity contribution >= 4 is 0 Å². The molecule has 1 aliphatic carbocycles. The van der Waals surface area contributed by atoms with Crippen LogP contribution in [-0.4, -0.2) is 16.6 Å². The van der Waals surface area contributed by atoms with Crippen LogP contribution in [0.3, 0.4) is 0 Å². The topological polar surface area (TPSA) is 29.9 Å². The molecule has 1 aliphatic rings. The molecule has 1 aromatic heterocycles. The minimum absolute atomic E-state index is 0.662. The Bertz CT molecular complexity index is 343. The average Bonchev–Trinajstić information content (AvgIpc) is 2.77. The van der Waals surface area contributed by atoms with E-state index in [1.807, 2.05) is 19.6 Å². The van der Waals surface area contributed by atoms with E-state index in [9.17, 15) is 0 Å². The summed E-state index contributed by atoms with van der Waals surface area (Å²) in [7, 11) is 2.00. The minimum atomic E-state index is 0.662. The molecule has 2 rings (SSSR count). The molecule has 0 amide bonds. The van der Waals surface area contributed by atoms with Crippen molar-refractivity contribution in [1.82, 2.24) is 14.9 Å². The molecule has 96 valence electrons. The van der Waals surface area contributed by atoms with Crippen molar-refractivity contribution in [3.05, 3.63) is 18.2 Å². The second kappa shape index (κ2) is 5.67. The Hall–Kier alpha value is -0.830. The maximum absolute atomic E-state index is 4.33. The highest BCUT2D eigenvalue weighted by Gasteiger charge is 2.29. The van der Waals surface area contributed by atoms with E-state index >= 15 is 0 Å². The molecule has 0 bridgehead atoms. The van der Waals surface area contributed by atoms with Gasteiger partial charge in [-0.15, -0.1) is 0 Å². The summed E-state index contributed by atoms with van der Waals surface area (Å²) in [5.41, 5.74) is 1.32. The summed E-state index contributed by atoms with van der Waals surface area (Å²) < 4.78 is 2.42. The molecule has 1 heterocycles. The number of nitrogens with one attached hydrogen (secondary N) is 1. The van der Waals surface area contributed by atoms with E-state index in [1.165, 1.54) is 31.4 Å². The van der Waals surface area contributed by atoms with Crippen molar-refractivity contribution in [2.75, 3.05) is 7.05 Å². The summed E-state index contributed by atoms with van der Waals surface area (Å²) in [6.07, 6.45) is 9.48. The third kappa shape index (κ3) is 2.71. The lowest BCUT2D eigenvalue weighted by Gasteiger charge is -2.36. The summed E-state index contributed by atoms with van der Waals surface area (Å²) in [5.74, 6) is 1.58. The molecule has 1 saturated carbocycles. The van der Waals surface area contributed by atoms with E-state index in [2.05, 4.69) is 28.7 Å². The third-order valence-corrected chi connectivity index (χ3v) is 4.10. The minimum Gasteiger partial charge on any atom is -0.330 e. The van der Waals surface area contributed by atoms with Crippen LogP contribution in [0.1, 0.15) is 51.3 Å². The lowest BCUT2D eigenvalue weighted by molar-refractivity contribution is 0.181. The molecule has 17 heavy (non-hydrogen) atoms. The lowest BCUT2D eigenvalue weighted by atomic mass is 9.77. The van der Waals surface area contributed by atoms with Crippen LogP contribution < -0.4 is 5.32 Å². The Morgan fingerprint density at radius 3 is 2.88 bits per heavy atom. The number of imidazole rings is 1. The van der Waals surface area contributed by atoms with Gasteiger partial charge in [-0.2, -0.15) is 0 Å². The summed E-state index contributed by atoms with van der Waals surface area (Å²) in [4.78, 5) is 4.33. The summed E-state index contributed by atoms with van der Waals surface area (Å²) >= 11 is 0. The first-order chi connectivity index (χ1) is 8.24. The van der Waals surface area contributed by atoms with Crippen LogP contribution in [0.2, 0.25) is 0 Å². The SMILES string of the molecule is CNCc1cncn1C1CCCCC1C(C)C. The standard InChI is InChI=1S/C14H25N3/c1-11(2)13-6-4-5-7-14(13)17-10-16-9-12(17)8-15-3/h9-11,13-15H,4-8H2,1-3H3. The quantitative estimate of drug-likeness (QED) is 0.869. The summed E-state index contributed by atoms with van der Waals surface area (Å²) in [6, 6.07) is 0.662. The van der Waals surface area contributed by atoms with Crippen LogP contribution in [-0.2, 0) is 6.54 Å². The normalized spacial score (nSPS) is 25.4. The highest BCUT2D eigenvalue weighted by atomic mass is 15.1. The van der Waals surface area contributed by atoms with E-state index in [4.69, 9.17) is 0 Å². The monoisotopic (exact) mass is 235 g/mol. The van der Waals surface area contributed by atoms with Gasteiger partial charge in [-0.3, -0.25) is 0 Å². The van der Waals surface area contributed by atoms with Crippen LogP contribution in [0.4, 0.5) is 0 Å². The molecular formula is C14H25N3. The third-order valence-electron chi connectivity index (χ3n) is 4.10. The first-order valence-corrected chi connectivity index (χ1v) is 6.89. The predicted molar refractivity (Wildman–Crippen MR) is 70.8 cm³/mol. The summed E-state index contributed by atoms with van der Waals surface area (Å²) in [6.45, 7) is 5.64. The molecule has 2 unspecified atom stereocenters. The Morgan fingerprint density at radius 2 is 2.18 bits per heavy atom. The Labute approximate surface area is 105 Å². The molecule has 3 heteroatoms. The van der Waals surface area contributed by atoms with Crippen LogP contribution in [0, 0.1) is 11.8 Å². The molecule has 0 aliphatic heterocycles. The van der Waals surface area contributed by atoms with Gasteiger partial charge < -0.3 is 9.88 Å². The fraction of sp³-hybridized carbons (Fsp3) is 0.786. The second-order valence-corrected chi connectivity index (χ2v) is 5.58. The van der Waals surface area contributed by atoms with Crippen molar-refractivity contribution in [1.29, 1.82) is 0 Å². The maximum Gasteiger partial charge on any atom is 0.0951 e. The van der Waals surface area contributed by atoms with Gasteiger partial charge in [-0.25, -0.2) is 4.98 Å². The molecule has 0 spiro atoms. The highest BCUT2D eigenvalue weighted by Crippen LogP contribution is 2.38. The van der Waals surface area contributed by atoms with Crippen molar-refractivity contribution in [3.8, 4) is 0 Å². The molecule has 0 aromatic carbocycles. The zero-order valence-electron chi connectivity index (χ0n) is 11.3. The van der Waals surface area contributed by atoms with Gasteiger partial charge in [0.05, 0.1) is 12.0 Å². The molecule has 0 saturated heterocycles. The van der Waals surface area contributed by atoms with Crippen LogP contribution in [0.5, 0.6) is 0 Å². The zero-order valence-corrected chi connectivity index (χ0v) is 11.3. The van der Waals surface area contributed by atoms with Gasteiger partial charge in [0.2, 0.25) is 0 Å². The van der Waals surface area contributed by atoms with Gasteiger partial charge in [-0.05, 0) is 31.7 Å². The van der Waals surface area contributed by atoms with E-state index in [0.717, 1.165) is 18.4 Å². The first-order valence-electron chi connectivity index (χ1n) is 6.89. The Morgan fingerprint density at radius 1 is 1.41 bits per heavy atom. The van der Waals surface area contributed by atoms with Crippen molar-refractivity contribution in [2.24, 2.45) is 11.8 Å².